The maximum absolute atomic E-state index is 10.9. The smallest absolute Gasteiger partial charge is 0.217 e. The maximum atomic E-state index is 10.9. The van der Waals surface area contributed by atoms with Crippen LogP contribution in [0, 0.1) is 0 Å². The Morgan fingerprint density at radius 1 is 1.44 bits per heavy atom. The van der Waals surface area contributed by atoms with E-state index in [0.29, 0.717) is 0 Å². The molecule has 1 aliphatic rings. The number of hydrogen-bond donors (Lipinski definition) is 4. The van der Waals surface area contributed by atoms with Crippen molar-refractivity contribution in [3.05, 3.63) is 0 Å². The van der Waals surface area contributed by atoms with Crippen molar-refractivity contribution >= 4 is 5.91 Å². The number of aliphatic hydroxyl groups is 3. The molecule has 1 rings (SSSR count). The number of ether oxygens (including phenoxy) is 2. The normalized spacial score (nSPS) is 39.4. The fourth-order valence-electron chi connectivity index (χ4n) is 1.67. The second kappa shape index (κ2) is 5.55. The van der Waals surface area contributed by atoms with Crippen molar-refractivity contribution in [1.29, 1.82) is 0 Å². The molecule has 0 unspecified atom stereocenters. The number of rotatable bonds is 3. The summed E-state index contributed by atoms with van der Waals surface area (Å²) in [6.45, 7) is 0.842. The molecule has 94 valence electrons. The fourth-order valence-corrected chi connectivity index (χ4v) is 1.67. The highest BCUT2D eigenvalue weighted by Crippen LogP contribution is 2.21. The van der Waals surface area contributed by atoms with E-state index >= 15 is 0 Å². The number of carbonyl (C=O) groups excluding carboxylic acids is 1. The topological polar surface area (TPSA) is 108 Å². The quantitative estimate of drug-likeness (QED) is 0.433. The molecule has 0 aromatic rings. The van der Waals surface area contributed by atoms with E-state index in [1.165, 1.54) is 14.0 Å². The van der Waals surface area contributed by atoms with Gasteiger partial charge in [-0.15, -0.1) is 0 Å². The molecule has 1 saturated heterocycles. The van der Waals surface area contributed by atoms with Crippen molar-refractivity contribution in [2.24, 2.45) is 0 Å². The van der Waals surface area contributed by atoms with Gasteiger partial charge in [0, 0.05) is 14.0 Å². The summed E-state index contributed by atoms with van der Waals surface area (Å²) < 4.78 is 10.1. The molecule has 0 aliphatic carbocycles. The summed E-state index contributed by atoms with van der Waals surface area (Å²) in [7, 11) is 1.35. The molecule has 0 spiro atoms. The molecule has 1 aliphatic heterocycles. The lowest BCUT2D eigenvalue weighted by molar-refractivity contribution is -0.262. The summed E-state index contributed by atoms with van der Waals surface area (Å²) >= 11 is 0. The lowest BCUT2D eigenvalue weighted by Crippen LogP contribution is -2.64. The predicted molar refractivity (Wildman–Crippen MR) is 52.4 cm³/mol. The Hall–Kier alpha value is -0.730. The third-order valence-corrected chi connectivity index (χ3v) is 2.48. The van der Waals surface area contributed by atoms with E-state index in [0.717, 1.165) is 0 Å². The Balaban J connectivity index is 2.77. The molecule has 4 N–H and O–H groups in total. The van der Waals surface area contributed by atoms with Crippen molar-refractivity contribution < 1.29 is 29.6 Å². The van der Waals surface area contributed by atoms with Crippen molar-refractivity contribution in [2.75, 3.05) is 13.7 Å². The van der Waals surface area contributed by atoms with Crippen molar-refractivity contribution in [3.8, 4) is 0 Å². The zero-order valence-corrected chi connectivity index (χ0v) is 9.16. The minimum atomic E-state index is -1.27. The highest BCUT2D eigenvalue weighted by atomic mass is 16.7. The summed E-state index contributed by atoms with van der Waals surface area (Å²) in [4.78, 5) is 10.9. The summed E-state index contributed by atoms with van der Waals surface area (Å²) in [6, 6.07) is -0.861. The first-order valence-electron chi connectivity index (χ1n) is 4.93. The Bertz CT molecular complexity index is 246. The van der Waals surface area contributed by atoms with Crippen molar-refractivity contribution in [3.63, 3.8) is 0 Å². The molecule has 0 aromatic carbocycles. The molecule has 1 heterocycles. The molecule has 0 bridgehead atoms. The number of carbonyl (C=O) groups is 1. The van der Waals surface area contributed by atoms with Crippen LogP contribution in [0.15, 0.2) is 0 Å². The van der Waals surface area contributed by atoms with Crippen LogP contribution in [0.3, 0.4) is 0 Å². The molecule has 7 heteroatoms. The first-order chi connectivity index (χ1) is 7.51. The Kier molecular flexibility index (Phi) is 4.63. The average molecular weight is 235 g/mol. The van der Waals surface area contributed by atoms with Gasteiger partial charge in [-0.2, -0.15) is 0 Å². The molecular weight excluding hydrogens is 218 g/mol. The molecule has 5 atom stereocenters. The van der Waals surface area contributed by atoms with Gasteiger partial charge in [0.2, 0.25) is 5.91 Å². The van der Waals surface area contributed by atoms with Crippen LogP contribution in [0.4, 0.5) is 0 Å². The van der Waals surface area contributed by atoms with E-state index in [2.05, 4.69) is 5.32 Å². The van der Waals surface area contributed by atoms with E-state index < -0.39 is 37.3 Å². The van der Waals surface area contributed by atoms with E-state index in [9.17, 15) is 15.0 Å². The van der Waals surface area contributed by atoms with Crippen LogP contribution in [-0.2, 0) is 14.3 Å². The van der Waals surface area contributed by atoms with Gasteiger partial charge in [0.1, 0.15) is 24.4 Å². The van der Waals surface area contributed by atoms with E-state index in [1.807, 2.05) is 0 Å². The highest BCUT2D eigenvalue weighted by Gasteiger charge is 2.44. The van der Waals surface area contributed by atoms with Gasteiger partial charge in [-0.3, -0.25) is 4.79 Å². The largest absolute Gasteiger partial charge is 0.394 e. The SMILES string of the molecule is CO[C@H]1O[C@H](CO)[C@H](O)[C@H](O)[C@H]1NC(C)=O. The van der Waals surface area contributed by atoms with E-state index in [1.54, 1.807) is 0 Å². The molecular formula is C9H17NO6. The molecule has 1 fully saturated rings. The van der Waals surface area contributed by atoms with Crippen LogP contribution in [-0.4, -0.2) is 65.6 Å². The first kappa shape index (κ1) is 13.3. The van der Waals surface area contributed by atoms with Crippen molar-refractivity contribution in [1.82, 2.24) is 5.32 Å². The van der Waals surface area contributed by atoms with Gasteiger partial charge in [0.15, 0.2) is 6.29 Å². The molecule has 0 saturated carbocycles. The lowest BCUT2D eigenvalue weighted by atomic mass is 9.97. The van der Waals surface area contributed by atoms with Crippen LogP contribution in [0.2, 0.25) is 0 Å². The molecule has 1 amide bonds. The Morgan fingerprint density at radius 2 is 2.06 bits per heavy atom. The minimum absolute atomic E-state index is 0.371. The zero-order valence-electron chi connectivity index (χ0n) is 9.16. The van der Waals surface area contributed by atoms with Crippen molar-refractivity contribution in [2.45, 2.75) is 37.6 Å². The van der Waals surface area contributed by atoms with Gasteiger partial charge in [-0.1, -0.05) is 0 Å². The number of aliphatic hydroxyl groups excluding tert-OH is 3. The second-order valence-corrected chi connectivity index (χ2v) is 3.67. The zero-order chi connectivity index (χ0) is 12.3. The standard InChI is InChI=1S/C9H17NO6/c1-4(12)10-6-8(14)7(13)5(3-11)16-9(6)15-2/h5-9,11,13-14H,3H2,1-2H3,(H,10,12)/t5-,6-,7+,8-,9+/m1/s1. The number of amides is 1. The highest BCUT2D eigenvalue weighted by molar-refractivity contribution is 5.73. The van der Waals surface area contributed by atoms with Gasteiger partial charge in [-0.25, -0.2) is 0 Å². The summed E-state index contributed by atoms with van der Waals surface area (Å²) in [5, 5.41) is 30.7. The van der Waals surface area contributed by atoms with E-state index in [-0.39, 0.29) is 5.91 Å². The minimum Gasteiger partial charge on any atom is -0.394 e. The van der Waals surface area contributed by atoms with E-state index in [4.69, 9.17) is 14.6 Å². The second-order valence-electron chi connectivity index (χ2n) is 3.67. The summed E-state index contributed by atoms with van der Waals surface area (Å²) in [5.74, 6) is -0.371. The van der Waals surface area contributed by atoms with Gasteiger partial charge in [0.25, 0.3) is 0 Å². The molecule has 0 radical (unpaired) electrons. The summed E-state index contributed by atoms with van der Waals surface area (Å²) in [5.41, 5.74) is 0. The third-order valence-electron chi connectivity index (χ3n) is 2.48. The van der Waals surface area contributed by atoms with Gasteiger partial charge >= 0.3 is 0 Å². The third kappa shape index (κ3) is 2.69. The van der Waals surface area contributed by atoms with Crippen LogP contribution < -0.4 is 5.32 Å². The monoisotopic (exact) mass is 235 g/mol. The average Bonchev–Trinajstić information content (AvgIpc) is 2.25. The number of nitrogens with one attached hydrogen (secondary N) is 1. The predicted octanol–water partition coefficient (Wildman–Crippen LogP) is -2.42. The van der Waals surface area contributed by atoms with Gasteiger partial charge in [0.05, 0.1) is 6.61 Å². The van der Waals surface area contributed by atoms with Gasteiger partial charge < -0.3 is 30.1 Å². The number of methoxy groups -OCH3 is 1. The first-order valence-corrected chi connectivity index (χ1v) is 4.93. The van der Waals surface area contributed by atoms with Crippen LogP contribution in [0.5, 0.6) is 0 Å². The summed E-state index contributed by atoms with van der Waals surface area (Å²) in [6.07, 6.45) is -4.35. The fraction of sp³-hybridized carbons (Fsp3) is 0.889. The van der Waals surface area contributed by atoms with Gasteiger partial charge in [-0.05, 0) is 0 Å². The molecule has 0 aromatic heterocycles. The molecule has 16 heavy (non-hydrogen) atoms. The van der Waals surface area contributed by atoms with Crippen LogP contribution in [0.1, 0.15) is 6.92 Å². The Labute approximate surface area is 93.0 Å². The van der Waals surface area contributed by atoms with Crippen LogP contribution in [0.25, 0.3) is 0 Å². The lowest BCUT2D eigenvalue weighted by Gasteiger charge is -2.41. The Morgan fingerprint density at radius 3 is 2.50 bits per heavy atom. The molecule has 7 nitrogen and oxygen atoms in total. The van der Waals surface area contributed by atoms with Crippen LogP contribution >= 0.6 is 0 Å². The number of hydrogen-bond acceptors (Lipinski definition) is 6. The maximum Gasteiger partial charge on any atom is 0.217 e.